The van der Waals surface area contributed by atoms with Gasteiger partial charge in [-0.2, -0.15) is 0 Å². The van der Waals surface area contributed by atoms with E-state index in [2.05, 4.69) is 5.32 Å². The lowest BCUT2D eigenvalue weighted by molar-refractivity contribution is -0.140. The van der Waals surface area contributed by atoms with Crippen LogP contribution in [0.4, 0.5) is 10.1 Å². The van der Waals surface area contributed by atoms with E-state index in [0.29, 0.717) is 12.2 Å². The van der Waals surface area contributed by atoms with E-state index in [1.807, 2.05) is 56.3 Å². The largest absolute Gasteiger partial charge is 0.355 e. The Bertz CT molecular complexity index is 1380. The molecule has 0 aliphatic heterocycles. The SMILES string of the molecule is CCNC(=O)[C@@H](Cc1ccccc1)N(Cc1ccccc1F)C(=O)CN(c1ccccc1C(C)C)S(C)(=O)=O. The number of rotatable bonds is 12. The summed E-state index contributed by atoms with van der Waals surface area (Å²) in [6, 6.07) is 21.3. The predicted octanol–water partition coefficient (Wildman–Crippen LogP) is 4.49. The molecule has 0 saturated heterocycles. The maximum absolute atomic E-state index is 14.8. The van der Waals surface area contributed by atoms with Crippen LogP contribution in [0.15, 0.2) is 78.9 Å². The minimum absolute atomic E-state index is 0.00349. The second-order valence-electron chi connectivity index (χ2n) is 9.70. The van der Waals surface area contributed by atoms with Gasteiger partial charge in [0, 0.05) is 25.1 Å². The second kappa shape index (κ2) is 13.4. The Kier molecular flexibility index (Phi) is 10.2. The molecule has 7 nitrogen and oxygen atoms in total. The van der Waals surface area contributed by atoms with Gasteiger partial charge in [0.1, 0.15) is 18.4 Å². The van der Waals surface area contributed by atoms with Crippen molar-refractivity contribution in [2.24, 2.45) is 0 Å². The average Bonchev–Trinajstić information content (AvgIpc) is 2.90. The summed E-state index contributed by atoms with van der Waals surface area (Å²) in [7, 11) is -3.89. The Hall–Kier alpha value is -3.72. The van der Waals surface area contributed by atoms with E-state index >= 15 is 0 Å². The van der Waals surface area contributed by atoms with Gasteiger partial charge in [-0.3, -0.25) is 13.9 Å². The number of benzene rings is 3. The molecule has 1 atom stereocenters. The fourth-order valence-electron chi connectivity index (χ4n) is 4.45. The van der Waals surface area contributed by atoms with Crippen molar-refractivity contribution in [1.82, 2.24) is 10.2 Å². The Morgan fingerprint density at radius 3 is 2.15 bits per heavy atom. The molecule has 0 aliphatic rings. The number of nitrogens with one attached hydrogen (secondary N) is 1. The summed E-state index contributed by atoms with van der Waals surface area (Å²) >= 11 is 0. The second-order valence-corrected chi connectivity index (χ2v) is 11.6. The summed E-state index contributed by atoms with van der Waals surface area (Å²) in [6.45, 7) is 5.25. The molecule has 0 bridgehead atoms. The third-order valence-electron chi connectivity index (χ3n) is 6.43. The van der Waals surface area contributed by atoms with Crippen LogP contribution in [0.2, 0.25) is 0 Å². The summed E-state index contributed by atoms with van der Waals surface area (Å²) in [5, 5.41) is 2.78. The molecule has 3 aromatic carbocycles. The van der Waals surface area contributed by atoms with Crippen molar-refractivity contribution in [1.29, 1.82) is 0 Å². The van der Waals surface area contributed by atoms with Gasteiger partial charge < -0.3 is 10.2 Å². The van der Waals surface area contributed by atoms with Gasteiger partial charge in [-0.1, -0.05) is 80.6 Å². The molecule has 0 aliphatic carbocycles. The number of hydrogen-bond donors (Lipinski definition) is 1. The number of likely N-dealkylation sites (N-methyl/N-ethyl adjacent to an activating group) is 1. The van der Waals surface area contributed by atoms with Gasteiger partial charge in [-0.05, 0) is 36.1 Å². The average molecular weight is 554 g/mol. The van der Waals surface area contributed by atoms with Gasteiger partial charge in [-0.25, -0.2) is 12.8 Å². The van der Waals surface area contributed by atoms with Gasteiger partial charge >= 0.3 is 0 Å². The van der Waals surface area contributed by atoms with Crippen molar-refractivity contribution in [3.63, 3.8) is 0 Å². The first-order chi connectivity index (χ1) is 18.5. The normalized spacial score (nSPS) is 12.2. The van der Waals surface area contributed by atoms with E-state index in [-0.39, 0.29) is 24.4 Å². The number of sulfonamides is 1. The number of amides is 2. The first-order valence-electron chi connectivity index (χ1n) is 12.9. The fourth-order valence-corrected chi connectivity index (χ4v) is 5.32. The third-order valence-corrected chi connectivity index (χ3v) is 7.55. The van der Waals surface area contributed by atoms with Crippen LogP contribution in [-0.2, 0) is 32.6 Å². The molecule has 0 spiro atoms. The molecule has 3 aromatic rings. The van der Waals surface area contributed by atoms with Crippen molar-refractivity contribution in [3.05, 3.63) is 101 Å². The number of hydrogen-bond acceptors (Lipinski definition) is 4. The van der Waals surface area contributed by atoms with Crippen LogP contribution in [0.1, 0.15) is 43.4 Å². The van der Waals surface area contributed by atoms with Crippen LogP contribution >= 0.6 is 0 Å². The number of para-hydroxylation sites is 1. The summed E-state index contributed by atoms with van der Waals surface area (Å²) in [5.41, 5.74) is 2.19. The van der Waals surface area contributed by atoms with Gasteiger partial charge in [-0.15, -0.1) is 0 Å². The standard InChI is InChI=1S/C30H36FN3O4S/c1-5-32-30(36)28(19-23-13-7-6-8-14-23)33(20-24-15-9-11-17-26(24)31)29(35)21-34(39(4,37)38)27-18-12-10-16-25(27)22(2)3/h6-18,22,28H,5,19-21H2,1-4H3,(H,32,36)/t28-/m1/s1. The smallest absolute Gasteiger partial charge is 0.244 e. The van der Waals surface area contributed by atoms with E-state index < -0.39 is 40.2 Å². The van der Waals surface area contributed by atoms with Crippen LogP contribution in [0.3, 0.4) is 0 Å². The van der Waals surface area contributed by atoms with Crippen LogP contribution in [-0.4, -0.2) is 50.5 Å². The summed E-state index contributed by atoms with van der Waals surface area (Å²) < 4.78 is 41.8. The van der Waals surface area contributed by atoms with Gasteiger partial charge in [0.2, 0.25) is 21.8 Å². The Balaban J connectivity index is 2.09. The number of nitrogens with zero attached hydrogens (tertiary/aromatic N) is 2. The van der Waals surface area contributed by atoms with E-state index in [9.17, 15) is 22.4 Å². The third kappa shape index (κ3) is 7.89. The molecule has 0 unspecified atom stereocenters. The predicted molar refractivity (Wildman–Crippen MR) is 152 cm³/mol. The van der Waals surface area contributed by atoms with Crippen LogP contribution < -0.4 is 9.62 Å². The number of halogens is 1. The van der Waals surface area contributed by atoms with Crippen molar-refractivity contribution in [2.75, 3.05) is 23.7 Å². The van der Waals surface area contributed by atoms with Crippen molar-refractivity contribution < 1.29 is 22.4 Å². The van der Waals surface area contributed by atoms with Crippen molar-refractivity contribution >= 4 is 27.5 Å². The zero-order valence-electron chi connectivity index (χ0n) is 22.8. The molecule has 0 aromatic heterocycles. The molecular formula is C30H36FN3O4S. The summed E-state index contributed by atoms with van der Waals surface area (Å²) in [5.74, 6) is -1.54. The highest BCUT2D eigenvalue weighted by Gasteiger charge is 2.33. The maximum atomic E-state index is 14.8. The highest BCUT2D eigenvalue weighted by atomic mass is 32.2. The molecule has 2 amide bonds. The highest BCUT2D eigenvalue weighted by Crippen LogP contribution is 2.29. The van der Waals surface area contributed by atoms with Crippen molar-refractivity contribution in [2.45, 2.75) is 45.7 Å². The van der Waals surface area contributed by atoms with Gasteiger partial charge in [0.15, 0.2) is 0 Å². The molecule has 208 valence electrons. The number of carbonyl (C=O) groups excluding carboxylic acids is 2. The van der Waals surface area contributed by atoms with Crippen LogP contribution in [0.25, 0.3) is 0 Å². The Labute approximate surface area is 230 Å². The summed E-state index contributed by atoms with van der Waals surface area (Å²) in [4.78, 5) is 28.6. The van der Waals surface area contributed by atoms with Crippen LogP contribution in [0, 0.1) is 5.82 Å². The molecule has 1 N–H and O–H groups in total. The maximum Gasteiger partial charge on any atom is 0.244 e. The topological polar surface area (TPSA) is 86.8 Å². The summed E-state index contributed by atoms with van der Waals surface area (Å²) in [6.07, 6.45) is 1.22. The lowest BCUT2D eigenvalue weighted by Gasteiger charge is -2.34. The van der Waals surface area contributed by atoms with E-state index in [4.69, 9.17) is 0 Å². The molecule has 0 heterocycles. The molecule has 0 radical (unpaired) electrons. The number of carbonyl (C=O) groups is 2. The lowest BCUT2D eigenvalue weighted by atomic mass is 10.0. The van der Waals surface area contributed by atoms with E-state index in [1.165, 1.54) is 11.0 Å². The number of anilines is 1. The first-order valence-corrected chi connectivity index (χ1v) is 14.8. The van der Waals surface area contributed by atoms with E-state index in [0.717, 1.165) is 21.7 Å². The first kappa shape index (κ1) is 29.8. The minimum atomic E-state index is -3.89. The Morgan fingerprint density at radius 2 is 1.54 bits per heavy atom. The van der Waals surface area contributed by atoms with Gasteiger partial charge in [0.25, 0.3) is 0 Å². The Morgan fingerprint density at radius 1 is 0.923 bits per heavy atom. The van der Waals surface area contributed by atoms with Gasteiger partial charge in [0.05, 0.1) is 11.9 Å². The monoisotopic (exact) mass is 553 g/mol. The molecule has 0 fully saturated rings. The van der Waals surface area contributed by atoms with E-state index in [1.54, 1.807) is 37.3 Å². The molecule has 39 heavy (non-hydrogen) atoms. The molecule has 0 saturated carbocycles. The van der Waals surface area contributed by atoms with Crippen LogP contribution in [0.5, 0.6) is 0 Å². The highest BCUT2D eigenvalue weighted by molar-refractivity contribution is 7.92. The fraction of sp³-hybridized carbons (Fsp3) is 0.333. The zero-order valence-corrected chi connectivity index (χ0v) is 23.6. The zero-order chi connectivity index (χ0) is 28.6. The molecular weight excluding hydrogens is 517 g/mol. The minimum Gasteiger partial charge on any atom is -0.355 e. The molecule has 3 rings (SSSR count). The molecule has 9 heteroatoms. The van der Waals surface area contributed by atoms with Crippen molar-refractivity contribution in [3.8, 4) is 0 Å². The lowest BCUT2D eigenvalue weighted by Crippen LogP contribution is -2.53. The quantitative estimate of drug-likeness (QED) is 0.358.